The van der Waals surface area contributed by atoms with Crippen molar-refractivity contribution in [1.29, 1.82) is 0 Å². The Morgan fingerprint density at radius 1 is 1.15 bits per heavy atom. The molecule has 1 aliphatic heterocycles. The Bertz CT molecular complexity index is 1250. The molecular weight excluding hydrogens is 508 g/mol. The molecule has 39 heavy (non-hydrogen) atoms. The Morgan fingerprint density at radius 2 is 1.87 bits per heavy atom. The normalized spacial score (nSPS) is 25.8. The molecule has 0 bridgehead atoms. The maximum Gasteiger partial charge on any atom is 0.374 e. The van der Waals surface area contributed by atoms with E-state index in [9.17, 15) is 29.4 Å². The van der Waals surface area contributed by atoms with Crippen LogP contribution < -0.4 is 10.6 Å². The summed E-state index contributed by atoms with van der Waals surface area (Å²) >= 11 is 0. The molecule has 12 nitrogen and oxygen atoms in total. The smallest absolute Gasteiger partial charge is 0.374 e. The number of cyclic esters (lactones) is 2. The number of pyridine rings is 2. The molecule has 0 saturated carbocycles. The molecule has 1 aliphatic rings. The van der Waals surface area contributed by atoms with E-state index in [4.69, 9.17) is 9.47 Å². The molecule has 2 aromatic rings. The van der Waals surface area contributed by atoms with Crippen molar-refractivity contribution >= 4 is 23.8 Å². The molecular formula is C27H32N4O8. The van der Waals surface area contributed by atoms with E-state index in [1.807, 2.05) is 0 Å². The van der Waals surface area contributed by atoms with Crippen LogP contribution in [-0.4, -0.2) is 68.2 Å². The topological polar surface area (TPSA) is 177 Å². The molecule has 0 radical (unpaired) electrons. The number of esters is 2. The van der Waals surface area contributed by atoms with Crippen LogP contribution in [0.25, 0.3) is 0 Å². The summed E-state index contributed by atoms with van der Waals surface area (Å²) in [5.41, 5.74) is 0.733. The van der Waals surface area contributed by atoms with Gasteiger partial charge in [-0.3, -0.25) is 19.4 Å². The number of carbonyl (C=O) groups excluding carboxylic acids is 4. The molecule has 0 spiro atoms. The summed E-state index contributed by atoms with van der Waals surface area (Å²) in [4.78, 5) is 60.3. The van der Waals surface area contributed by atoms with Crippen LogP contribution in [0.5, 0.6) is 5.75 Å². The first-order valence-corrected chi connectivity index (χ1v) is 12.5. The van der Waals surface area contributed by atoms with Crippen LogP contribution in [-0.2, 0) is 30.3 Å². The van der Waals surface area contributed by atoms with Crippen molar-refractivity contribution in [2.24, 2.45) is 5.92 Å². The fourth-order valence-corrected chi connectivity index (χ4v) is 3.92. The highest BCUT2D eigenvalue weighted by Crippen LogP contribution is 2.21. The van der Waals surface area contributed by atoms with E-state index >= 15 is 0 Å². The third-order valence-corrected chi connectivity index (χ3v) is 6.44. The third-order valence-electron chi connectivity index (χ3n) is 6.44. The number of aromatic hydroxyl groups is 1. The number of allylic oxidation sites excluding steroid dienone is 1. The van der Waals surface area contributed by atoms with Gasteiger partial charge in [-0.1, -0.05) is 13.0 Å². The number of ether oxygens (including phenoxy) is 2. The minimum absolute atomic E-state index is 0.0882. The SMILES string of the molecule is CC/C(C)=C1\OC(=O)[C@H](C)[C@H](O)C(Cc2cccnc2)NC(=O)[C@@H](NC(=O)c2ncccc2O)[C@@H](C)OC1=O. The second-order valence-electron chi connectivity index (χ2n) is 9.28. The highest BCUT2D eigenvalue weighted by Gasteiger charge is 2.39. The molecule has 0 aliphatic carbocycles. The molecule has 1 fully saturated rings. The van der Waals surface area contributed by atoms with Gasteiger partial charge < -0.3 is 30.3 Å². The Morgan fingerprint density at radius 3 is 2.51 bits per heavy atom. The van der Waals surface area contributed by atoms with Crippen molar-refractivity contribution in [3.63, 3.8) is 0 Å². The number of nitrogens with one attached hydrogen (secondary N) is 2. The van der Waals surface area contributed by atoms with E-state index in [-0.39, 0.29) is 17.9 Å². The largest absolute Gasteiger partial charge is 0.505 e. The number of hydrogen-bond donors (Lipinski definition) is 4. The lowest BCUT2D eigenvalue weighted by molar-refractivity contribution is -0.161. The molecule has 1 unspecified atom stereocenters. The van der Waals surface area contributed by atoms with Gasteiger partial charge in [-0.15, -0.1) is 0 Å². The Kier molecular flexibility index (Phi) is 9.72. The number of carbonyl (C=O) groups is 4. The monoisotopic (exact) mass is 540 g/mol. The molecule has 3 rings (SSSR count). The lowest BCUT2D eigenvalue weighted by atomic mass is 9.92. The van der Waals surface area contributed by atoms with Gasteiger partial charge in [0.15, 0.2) is 5.69 Å². The molecule has 2 aromatic heterocycles. The van der Waals surface area contributed by atoms with E-state index in [0.29, 0.717) is 17.6 Å². The number of rotatable bonds is 5. The van der Waals surface area contributed by atoms with E-state index in [2.05, 4.69) is 20.6 Å². The lowest BCUT2D eigenvalue weighted by Crippen LogP contribution is -2.59. The molecule has 5 atom stereocenters. The van der Waals surface area contributed by atoms with Crippen molar-refractivity contribution in [2.45, 2.75) is 64.8 Å². The zero-order valence-electron chi connectivity index (χ0n) is 22.1. The standard InChI is InChI=1S/C27H32N4O8/c1-5-14(2)23-27(37)38-16(4)20(31-25(35)21-19(32)9-7-11-29-21)24(34)30-18(12-17-8-6-10-28-13-17)22(33)15(3)26(36)39-23/h6-11,13,15-16,18,20,22,32-33H,5,12H2,1-4H3,(H,30,34)(H,31,35)/b23-14-/t15-,16-,18?,20+,22+/m1/s1. The molecule has 3 heterocycles. The molecule has 0 aromatic carbocycles. The van der Waals surface area contributed by atoms with Gasteiger partial charge in [0, 0.05) is 18.6 Å². The number of amides is 2. The number of aliphatic hydroxyl groups is 1. The number of nitrogens with zero attached hydrogens (tertiary/aromatic N) is 2. The van der Waals surface area contributed by atoms with E-state index < -0.39 is 59.7 Å². The maximum absolute atomic E-state index is 13.6. The first-order chi connectivity index (χ1) is 18.5. The van der Waals surface area contributed by atoms with Gasteiger partial charge in [0.25, 0.3) is 5.91 Å². The van der Waals surface area contributed by atoms with Crippen LogP contribution in [0.4, 0.5) is 0 Å². The van der Waals surface area contributed by atoms with E-state index in [0.717, 1.165) is 0 Å². The summed E-state index contributed by atoms with van der Waals surface area (Å²) in [6.07, 6.45) is 2.15. The fraction of sp³-hybridized carbons (Fsp3) is 0.407. The van der Waals surface area contributed by atoms with E-state index in [1.54, 1.807) is 38.4 Å². The average molecular weight is 541 g/mol. The second-order valence-corrected chi connectivity index (χ2v) is 9.28. The zero-order chi connectivity index (χ0) is 28.7. The Balaban J connectivity index is 2.03. The lowest BCUT2D eigenvalue weighted by Gasteiger charge is -2.32. The summed E-state index contributed by atoms with van der Waals surface area (Å²) in [5, 5.41) is 26.3. The summed E-state index contributed by atoms with van der Waals surface area (Å²) < 4.78 is 10.9. The van der Waals surface area contributed by atoms with Gasteiger partial charge in [0.2, 0.25) is 11.7 Å². The predicted octanol–water partition coefficient (Wildman–Crippen LogP) is 1.18. The quantitative estimate of drug-likeness (QED) is 0.318. The average Bonchev–Trinajstić information content (AvgIpc) is 2.92. The number of hydrogen-bond acceptors (Lipinski definition) is 10. The van der Waals surface area contributed by atoms with Gasteiger partial charge in [0.1, 0.15) is 17.9 Å². The summed E-state index contributed by atoms with van der Waals surface area (Å²) in [7, 11) is 0. The molecule has 2 amide bonds. The second kappa shape index (κ2) is 13.0. The highest BCUT2D eigenvalue weighted by molar-refractivity contribution is 5.98. The van der Waals surface area contributed by atoms with Crippen LogP contribution in [0.3, 0.4) is 0 Å². The van der Waals surface area contributed by atoms with Crippen molar-refractivity contribution in [1.82, 2.24) is 20.6 Å². The van der Waals surface area contributed by atoms with Crippen LogP contribution in [0.1, 0.15) is 50.2 Å². The maximum atomic E-state index is 13.6. The van der Waals surface area contributed by atoms with Crippen LogP contribution in [0, 0.1) is 5.92 Å². The first kappa shape index (κ1) is 29.2. The Hall–Kier alpha value is -4.32. The fourth-order valence-electron chi connectivity index (χ4n) is 3.92. The van der Waals surface area contributed by atoms with Gasteiger partial charge in [-0.25, -0.2) is 9.78 Å². The zero-order valence-corrected chi connectivity index (χ0v) is 22.1. The van der Waals surface area contributed by atoms with Crippen LogP contribution >= 0.6 is 0 Å². The molecule has 1 saturated heterocycles. The Labute approximate surface area is 225 Å². The first-order valence-electron chi connectivity index (χ1n) is 12.5. The van der Waals surface area contributed by atoms with Crippen molar-refractivity contribution < 1.29 is 38.9 Å². The van der Waals surface area contributed by atoms with Crippen molar-refractivity contribution in [2.75, 3.05) is 0 Å². The summed E-state index contributed by atoms with van der Waals surface area (Å²) in [6, 6.07) is 3.62. The third kappa shape index (κ3) is 7.17. The van der Waals surface area contributed by atoms with Gasteiger partial charge >= 0.3 is 11.9 Å². The van der Waals surface area contributed by atoms with Crippen LogP contribution in [0.15, 0.2) is 54.2 Å². The van der Waals surface area contributed by atoms with Crippen LogP contribution in [0.2, 0.25) is 0 Å². The summed E-state index contributed by atoms with van der Waals surface area (Å²) in [6.45, 7) is 6.13. The van der Waals surface area contributed by atoms with Gasteiger partial charge in [-0.05, 0) is 62.9 Å². The molecule has 12 heteroatoms. The van der Waals surface area contributed by atoms with Gasteiger partial charge in [0.05, 0.1) is 18.1 Å². The van der Waals surface area contributed by atoms with Crippen molar-refractivity contribution in [3.05, 3.63) is 65.4 Å². The van der Waals surface area contributed by atoms with Crippen molar-refractivity contribution in [3.8, 4) is 5.75 Å². The summed E-state index contributed by atoms with van der Waals surface area (Å²) in [5.74, 6) is -5.52. The van der Waals surface area contributed by atoms with E-state index in [1.165, 1.54) is 32.2 Å². The minimum atomic E-state index is -1.47. The highest BCUT2D eigenvalue weighted by atomic mass is 16.6. The van der Waals surface area contributed by atoms with Gasteiger partial charge in [-0.2, -0.15) is 0 Å². The minimum Gasteiger partial charge on any atom is -0.505 e. The number of aromatic nitrogens is 2. The molecule has 4 N–H and O–H groups in total. The molecule has 208 valence electrons. The number of aliphatic hydroxyl groups excluding tert-OH is 1. The predicted molar refractivity (Wildman–Crippen MR) is 137 cm³/mol.